The number of primary amides is 1. The standard InChI is InChI=1S/C15H21N3O4/c16-14(19)13-9-12(1-5-17-13)10-22-8-4-11-2-6-18(7-3-11)15(20)21/h1,5,9,11H,2-4,6-8,10H2,(H2,16,19)(H,20,21). The minimum absolute atomic E-state index is 0.238. The monoisotopic (exact) mass is 307 g/mol. The number of rotatable bonds is 6. The van der Waals surface area contributed by atoms with E-state index in [2.05, 4.69) is 4.98 Å². The average Bonchev–Trinajstić information content (AvgIpc) is 2.52. The minimum atomic E-state index is -0.836. The van der Waals surface area contributed by atoms with Crippen molar-refractivity contribution in [1.82, 2.24) is 9.88 Å². The van der Waals surface area contributed by atoms with Gasteiger partial charge in [-0.05, 0) is 42.9 Å². The average molecular weight is 307 g/mol. The number of aromatic nitrogens is 1. The minimum Gasteiger partial charge on any atom is -0.465 e. The van der Waals surface area contributed by atoms with E-state index in [0.29, 0.717) is 32.2 Å². The summed E-state index contributed by atoms with van der Waals surface area (Å²) in [6, 6.07) is 3.42. The molecule has 0 radical (unpaired) electrons. The zero-order chi connectivity index (χ0) is 15.9. The molecule has 22 heavy (non-hydrogen) atoms. The summed E-state index contributed by atoms with van der Waals surface area (Å²) in [6.07, 6.45) is 3.40. The summed E-state index contributed by atoms with van der Waals surface area (Å²) in [5.41, 5.74) is 6.28. The number of likely N-dealkylation sites (tertiary alicyclic amines) is 1. The molecule has 2 amide bonds. The number of carbonyl (C=O) groups excluding carboxylic acids is 1. The van der Waals surface area contributed by atoms with Crippen LogP contribution in [0.3, 0.4) is 0 Å². The maximum atomic E-state index is 11.0. The second kappa shape index (κ2) is 7.74. The van der Waals surface area contributed by atoms with Crippen molar-refractivity contribution >= 4 is 12.0 Å². The molecule has 0 unspecified atom stereocenters. The van der Waals surface area contributed by atoms with Gasteiger partial charge in [0, 0.05) is 25.9 Å². The number of hydrogen-bond donors (Lipinski definition) is 2. The van der Waals surface area contributed by atoms with Crippen molar-refractivity contribution in [2.45, 2.75) is 25.9 Å². The Morgan fingerprint density at radius 2 is 2.14 bits per heavy atom. The topological polar surface area (TPSA) is 106 Å². The highest BCUT2D eigenvalue weighted by atomic mass is 16.5. The molecule has 1 aliphatic heterocycles. The van der Waals surface area contributed by atoms with Gasteiger partial charge in [0.2, 0.25) is 0 Å². The lowest BCUT2D eigenvalue weighted by Gasteiger charge is -2.29. The van der Waals surface area contributed by atoms with Crippen molar-refractivity contribution in [2.24, 2.45) is 11.7 Å². The van der Waals surface area contributed by atoms with Gasteiger partial charge in [0.05, 0.1) is 6.61 Å². The van der Waals surface area contributed by atoms with Crippen LogP contribution in [0.4, 0.5) is 4.79 Å². The quantitative estimate of drug-likeness (QED) is 0.774. The van der Waals surface area contributed by atoms with Crippen LogP contribution in [0.1, 0.15) is 35.3 Å². The smallest absolute Gasteiger partial charge is 0.407 e. The third-order valence-corrected chi connectivity index (χ3v) is 3.90. The summed E-state index contributed by atoms with van der Waals surface area (Å²) in [4.78, 5) is 27.2. The third kappa shape index (κ3) is 4.70. The Labute approximate surface area is 129 Å². The highest BCUT2D eigenvalue weighted by molar-refractivity contribution is 5.90. The molecule has 1 saturated heterocycles. The first-order chi connectivity index (χ1) is 10.6. The van der Waals surface area contributed by atoms with Crippen LogP contribution in [-0.2, 0) is 11.3 Å². The molecular formula is C15H21N3O4. The fraction of sp³-hybridized carbons (Fsp3) is 0.533. The highest BCUT2D eigenvalue weighted by Gasteiger charge is 2.21. The fourth-order valence-electron chi connectivity index (χ4n) is 2.55. The van der Waals surface area contributed by atoms with Crippen molar-refractivity contribution in [1.29, 1.82) is 0 Å². The van der Waals surface area contributed by atoms with Gasteiger partial charge in [-0.25, -0.2) is 4.79 Å². The third-order valence-electron chi connectivity index (χ3n) is 3.90. The van der Waals surface area contributed by atoms with Gasteiger partial charge < -0.3 is 20.5 Å². The lowest BCUT2D eigenvalue weighted by atomic mass is 9.94. The summed E-state index contributed by atoms with van der Waals surface area (Å²) >= 11 is 0. The molecule has 0 saturated carbocycles. The molecule has 1 fully saturated rings. The molecule has 120 valence electrons. The molecule has 2 heterocycles. The Hall–Kier alpha value is -2.15. The van der Waals surface area contributed by atoms with E-state index < -0.39 is 12.0 Å². The van der Waals surface area contributed by atoms with Gasteiger partial charge in [-0.15, -0.1) is 0 Å². The van der Waals surface area contributed by atoms with Crippen LogP contribution in [0.5, 0.6) is 0 Å². The van der Waals surface area contributed by atoms with E-state index in [4.69, 9.17) is 15.6 Å². The molecular weight excluding hydrogens is 286 g/mol. The molecule has 0 bridgehead atoms. The number of ether oxygens (including phenoxy) is 1. The van der Waals surface area contributed by atoms with Gasteiger partial charge in [-0.3, -0.25) is 9.78 Å². The van der Waals surface area contributed by atoms with E-state index in [9.17, 15) is 9.59 Å². The van der Waals surface area contributed by atoms with Gasteiger partial charge in [-0.2, -0.15) is 0 Å². The second-order valence-electron chi connectivity index (χ2n) is 5.47. The number of nitrogens with zero attached hydrogens (tertiary/aromatic N) is 2. The van der Waals surface area contributed by atoms with Crippen LogP contribution in [0.25, 0.3) is 0 Å². The van der Waals surface area contributed by atoms with Crippen LogP contribution in [0.15, 0.2) is 18.3 Å². The number of hydrogen-bond acceptors (Lipinski definition) is 4. The van der Waals surface area contributed by atoms with E-state index in [-0.39, 0.29) is 5.69 Å². The van der Waals surface area contributed by atoms with E-state index >= 15 is 0 Å². The largest absolute Gasteiger partial charge is 0.465 e. The fourth-order valence-corrected chi connectivity index (χ4v) is 2.55. The van der Waals surface area contributed by atoms with Crippen molar-refractivity contribution in [3.63, 3.8) is 0 Å². The van der Waals surface area contributed by atoms with Crippen LogP contribution in [0, 0.1) is 5.92 Å². The zero-order valence-corrected chi connectivity index (χ0v) is 12.4. The first-order valence-corrected chi connectivity index (χ1v) is 7.36. The summed E-state index contributed by atoms with van der Waals surface area (Å²) < 4.78 is 5.62. The number of amides is 2. The van der Waals surface area contributed by atoms with Crippen LogP contribution >= 0.6 is 0 Å². The maximum Gasteiger partial charge on any atom is 0.407 e. The Bertz CT molecular complexity index is 527. The van der Waals surface area contributed by atoms with Gasteiger partial charge in [0.15, 0.2) is 0 Å². The predicted molar refractivity (Wildman–Crippen MR) is 79.3 cm³/mol. The molecule has 7 nitrogen and oxygen atoms in total. The SMILES string of the molecule is NC(=O)c1cc(COCCC2CCN(C(=O)O)CC2)ccn1. The Morgan fingerprint density at radius 3 is 2.77 bits per heavy atom. The molecule has 3 N–H and O–H groups in total. The number of nitrogens with two attached hydrogens (primary N) is 1. The van der Waals surface area contributed by atoms with Gasteiger partial charge in [0.1, 0.15) is 5.69 Å². The number of carboxylic acid groups (broad SMARTS) is 1. The predicted octanol–water partition coefficient (Wildman–Crippen LogP) is 1.48. The number of piperidine rings is 1. The molecule has 2 rings (SSSR count). The Morgan fingerprint density at radius 1 is 1.41 bits per heavy atom. The van der Waals surface area contributed by atoms with Crippen LogP contribution in [0.2, 0.25) is 0 Å². The lowest BCUT2D eigenvalue weighted by Crippen LogP contribution is -2.37. The summed E-state index contributed by atoms with van der Waals surface area (Å²) in [6.45, 7) is 2.24. The summed E-state index contributed by atoms with van der Waals surface area (Å²) in [7, 11) is 0. The molecule has 0 aliphatic carbocycles. The zero-order valence-electron chi connectivity index (χ0n) is 12.4. The van der Waals surface area contributed by atoms with Crippen molar-refractivity contribution in [2.75, 3.05) is 19.7 Å². The normalized spacial score (nSPS) is 15.7. The van der Waals surface area contributed by atoms with E-state index in [1.165, 1.54) is 4.90 Å². The number of pyridine rings is 1. The van der Waals surface area contributed by atoms with Gasteiger partial charge in [-0.1, -0.05) is 0 Å². The molecule has 7 heteroatoms. The van der Waals surface area contributed by atoms with Crippen molar-refractivity contribution in [3.05, 3.63) is 29.6 Å². The molecule has 0 aromatic carbocycles. The first kappa shape index (κ1) is 16.2. The van der Waals surface area contributed by atoms with Crippen LogP contribution < -0.4 is 5.73 Å². The highest BCUT2D eigenvalue weighted by Crippen LogP contribution is 2.20. The molecule has 0 spiro atoms. The van der Waals surface area contributed by atoms with Crippen molar-refractivity contribution in [3.8, 4) is 0 Å². The van der Waals surface area contributed by atoms with Gasteiger partial charge >= 0.3 is 6.09 Å². The van der Waals surface area contributed by atoms with Gasteiger partial charge in [0.25, 0.3) is 5.91 Å². The van der Waals surface area contributed by atoms with Crippen LogP contribution in [-0.4, -0.2) is 46.7 Å². The van der Waals surface area contributed by atoms with Crippen molar-refractivity contribution < 1.29 is 19.4 Å². The van der Waals surface area contributed by atoms with E-state index in [1.807, 2.05) is 0 Å². The van der Waals surface area contributed by atoms with E-state index in [0.717, 1.165) is 24.8 Å². The summed E-state index contributed by atoms with van der Waals surface area (Å²) in [5.74, 6) is -0.0405. The summed E-state index contributed by atoms with van der Waals surface area (Å²) in [5, 5.41) is 8.89. The molecule has 0 atom stereocenters. The van der Waals surface area contributed by atoms with E-state index in [1.54, 1.807) is 18.3 Å². The Balaban J connectivity index is 1.66. The molecule has 1 aromatic rings. The Kier molecular flexibility index (Phi) is 5.71. The number of carbonyl (C=O) groups is 2. The lowest BCUT2D eigenvalue weighted by molar-refractivity contribution is 0.0878. The molecule has 1 aromatic heterocycles. The maximum absolute atomic E-state index is 11.0. The second-order valence-corrected chi connectivity index (χ2v) is 5.47. The first-order valence-electron chi connectivity index (χ1n) is 7.36. The molecule has 1 aliphatic rings.